The first-order valence-corrected chi connectivity index (χ1v) is 13.2. The molecule has 42 heavy (non-hydrogen) atoms. The van der Waals surface area contributed by atoms with Crippen molar-refractivity contribution in [1.82, 2.24) is 5.32 Å². The molecule has 0 aromatic rings. The smallest absolute Gasteiger partial charge is 0.217 e. The summed E-state index contributed by atoms with van der Waals surface area (Å²) in [5.41, 5.74) is 0. The molecule has 0 aliphatic carbocycles. The highest BCUT2D eigenvalue weighted by atomic mass is 16.7. The van der Waals surface area contributed by atoms with Crippen LogP contribution in [0.15, 0.2) is 0 Å². The molecule has 3 aliphatic heterocycles. The highest BCUT2D eigenvalue weighted by Crippen LogP contribution is 2.34. The summed E-state index contributed by atoms with van der Waals surface area (Å²) in [5, 5.41) is 125. The molecule has 1 amide bonds. The maximum Gasteiger partial charge on any atom is 0.217 e. The quantitative estimate of drug-likeness (QED) is 0.102. The lowest BCUT2D eigenvalue weighted by atomic mass is 9.88. The number of aliphatic hydroxyl groups is 12. The van der Waals surface area contributed by atoms with Crippen LogP contribution >= 0.6 is 0 Å². The molecule has 16 atom stereocenters. The van der Waals surface area contributed by atoms with Gasteiger partial charge in [0.2, 0.25) is 5.91 Å². The third kappa shape index (κ3) is 7.71. The fraction of sp³-hybridized carbons (Fsp3) is 0.957. The monoisotopic (exact) mass is 619 g/mol. The SMILES string of the molecule is CC(=O)N[C@H]1[C@H]([C@H](O)[C@H](O)CO)O[C@](O)(CO[C@@H]2[C@@H](O)[C@@H](O[C@H]3[C@H](O)[C@@H](O)[C@H](O)O[C@@H]3CO)O[C@H](CO)[C@H]2O)C[C@@H]1O. The summed E-state index contributed by atoms with van der Waals surface area (Å²) in [6.07, 6.45) is -24.9. The first-order valence-electron chi connectivity index (χ1n) is 13.2. The van der Waals surface area contributed by atoms with E-state index in [0.29, 0.717) is 0 Å². The first-order chi connectivity index (χ1) is 19.7. The Morgan fingerprint density at radius 2 is 1.57 bits per heavy atom. The zero-order valence-electron chi connectivity index (χ0n) is 22.5. The van der Waals surface area contributed by atoms with Crippen molar-refractivity contribution in [2.24, 2.45) is 0 Å². The summed E-state index contributed by atoms with van der Waals surface area (Å²) in [5.74, 6) is -3.11. The van der Waals surface area contributed by atoms with Crippen LogP contribution in [0, 0.1) is 0 Å². The largest absolute Gasteiger partial charge is 0.394 e. The fourth-order valence-electron chi connectivity index (χ4n) is 5.14. The zero-order chi connectivity index (χ0) is 31.5. The molecule has 0 unspecified atom stereocenters. The van der Waals surface area contributed by atoms with Crippen molar-refractivity contribution in [2.75, 3.05) is 26.4 Å². The summed E-state index contributed by atoms with van der Waals surface area (Å²) >= 11 is 0. The predicted octanol–water partition coefficient (Wildman–Crippen LogP) is -8.32. The van der Waals surface area contributed by atoms with E-state index < -0.39 is 136 Å². The second kappa shape index (κ2) is 14.7. The Morgan fingerprint density at radius 3 is 2.14 bits per heavy atom. The molecule has 19 nitrogen and oxygen atoms in total. The van der Waals surface area contributed by atoms with E-state index in [9.17, 15) is 66.1 Å². The van der Waals surface area contributed by atoms with Crippen molar-refractivity contribution in [3.05, 3.63) is 0 Å². The molecule has 246 valence electrons. The Hall–Kier alpha value is -1.21. The molecule has 0 bridgehead atoms. The molecule has 3 fully saturated rings. The average molecular weight is 620 g/mol. The van der Waals surface area contributed by atoms with Gasteiger partial charge in [-0.25, -0.2) is 0 Å². The van der Waals surface area contributed by atoms with Crippen molar-refractivity contribution in [3.63, 3.8) is 0 Å². The van der Waals surface area contributed by atoms with Gasteiger partial charge in [0.25, 0.3) is 0 Å². The highest BCUT2D eigenvalue weighted by molar-refractivity contribution is 5.73. The van der Waals surface area contributed by atoms with Gasteiger partial charge >= 0.3 is 0 Å². The Kier molecular flexibility index (Phi) is 12.4. The van der Waals surface area contributed by atoms with E-state index in [1.807, 2.05) is 0 Å². The normalized spacial score (nSPS) is 46.2. The third-order valence-electron chi connectivity index (χ3n) is 7.39. The van der Waals surface area contributed by atoms with Crippen LogP contribution in [0.2, 0.25) is 0 Å². The van der Waals surface area contributed by atoms with Gasteiger partial charge in [-0.15, -0.1) is 0 Å². The van der Waals surface area contributed by atoms with Crippen LogP contribution in [0.3, 0.4) is 0 Å². The van der Waals surface area contributed by atoms with Crippen molar-refractivity contribution in [1.29, 1.82) is 0 Å². The number of carbonyl (C=O) groups excluding carboxylic acids is 1. The van der Waals surface area contributed by atoms with E-state index in [0.717, 1.165) is 6.92 Å². The van der Waals surface area contributed by atoms with Gasteiger partial charge in [-0.3, -0.25) is 4.79 Å². The Morgan fingerprint density at radius 1 is 0.929 bits per heavy atom. The standard InChI is InChI=1S/C23H41NO18/c1-7(28)24-12-8(29)2-23(37,42-19(12)13(31)9(30)3-25)6-38-20-14(32)10(4-26)40-22(17(20)35)41-18-11(5-27)39-21(36)16(34)15(18)33/h8-22,25-27,29-37H,2-6H2,1H3,(H,24,28)/t8-,9+,10+,11+,12+,13+,14+,15+,16+,17+,18+,19+,20-,21+,22+,23-/m0/s1. The molecule has 3 rings (SSSR count). The van der Waals surface area contributed by atoms with Gasteiger partial charge in [0, 0.05) is 13.3 Å². The Balaban J connectivity index is 1.77. The van der Waals surface area contributed by atoms with E-state index in [1.54, 1.807) is 0 Å². The zero-order valence-corrected chi connectivity index (χ0v) is 22.5. The molecule has 0 aromatic carbocycles. The van der Waals surface area contributed by atoms with Crippen LogP contribution in [-0.4, -0.2) is 191 Å². The van der Waals surface area contributed by atoms with E-state index in [1.165, 1.54) is 0 Å². The predicted molar refractivity (Wildman–Crippen MR) is 130 cm³/mol. The number of ether oxygens (including phenoxy) is 5. The summed E-state index contributed by atoms with van der Waals surface area (Å²) in [6, 6.07) is -1.34. The lowest BCUT2D eigenvalue weighted by Gasteiger charge is -2.48. The molecule has 3 heterocycles. The number of carbonyl (C=O) groups is 1. The molecule has 0 spiro atoms. The van der Waals surface area contributed by atoms with Gasteiger partial charge in [0.1, 0.15) is 73.8 Å². The van der Waals surface area contributed by atoms with Gasteiger partial charge in [-0.2, -0.15) is 0 Å². The molecule has 13 N–H and O–H groups in total. The molecule has 3 saturated heterocycles. The topological polar surface area (TPSA) is 318 Å². The second-order valence-corrected chi connectivity index (χ2v) is 10.6. The van der Waals surface area contributed by atoms with Crippen LogP contribution in [0.25, 0.3) is 0 Å². The van der Waals surface area contributed by atoms with Crippen LogP contribution in [0.5, 0.6) is 0 Å². The Labute approximate surface area is 239 Å². The van der Waals surface area contributed by atoms with E-state index >= 15 is 0 Å². The Bertz CT molecular complexity index is 869. The minimum Gasteiger partial charge on any atom is -0.394 e. The average Bonchev–Trinajstić information content (AvgIpc) is 2.94. The number of rotatable bonds is 11. The summed E-state index contributed by atoms with van der Waals surface area (Å²) < 4.78 is 26.9. The summed E-state index contributed by atoms with van der Waals surface area (Å²) in [4.78, 5) is 11.6. The van der Waals surface area contributed by atoms with Crippen molar-refractivity contribution < 1.29 is 89.8 Å². The maximum atomic E-state index is 11.6. The van der Waals surface area contributed by atoms with Crippen LogP contribution in [-0.2, 0) is 28.5 Å². The minimum absolute atomic E-state index is 0.640. The van der Waals surface area contributed by atoms with Gasteiger partial charge in [-0.05, 0) is 0 Å². The molecule has 0 radical (unpaired) electrons. The highest BCUT2D eigenvalue weighted by Gasteiger charge is 2.54. The van der Waals surface area contributed by atoms with Crippen molar-refractivity contribution >= 4 is 5.91 Å². The van der Waals surface area contributed by atoms with Crippen molar-refractivity contribution in [2.45, 2.75) is 111 Å². The molecule has 19 heteroatoms. The third-order valence-corrected chi connectivity index (χ3v) is 7.39. The van der Waals surface area contributed by atoms with E-state index in [-0.39, 0.29) is 0 Å². The van der Waals surface area contributed by atoms with E-state index in [2.05, 4.69) is 5.32 Å². The van der Waals surface area contributed by atoms with Gasteiger partial charge < -0.3 is 90.3 Å². The van der Waals surface area contributed by atoms with Crippen LogP contribution in [0.1, 0.15) is 13.3 Å². The minimum atomic E-state index is -2.46. The fourth-order valence-corrected chi connectivity index (χ4v) is 5.14. The van der Waals surface area contributed by atoms with Gasteiger partial charge in [0.15, 0.2) is 18.4 Å². The number of hydrogen-bond donors (Lipinski definition) is 13. The molecular formula is C23H41NO18. The first kappa shape index (κ1) is 35.3. The molecule has 0 saturated carbocycles. The van der Waals surface area contributed by atoms with Crippen LogP contribution < -0.4 is 5.32 Å². The number of aliphatic hydroxyl groups excluding tert-OH is 11. The second-order valence-electron chi connectivity index (χ2n) is 10.6. The number of nitrogens with one attached hydrogen (secondary N) is 1. The summed E-state index contributed by atoms with van der Waals surface area (Å²) in [6.45, 7) is -2.39. The van der Waals surface area contributed by atoms with Crippen molar-refractivity contribution in [3.8, 4) is 0 Å². The lowest BCUT2D eigenvalue weighted by molar-refractivity contribution is -0.366. The van der Waals surface area contributed by atoms with Gasteiger partial charge in [0.05, 0.1) is 32.0 Å². The number of amides is 1. The molecule has 3 aliphatic rings. The van der Waals surface area contributed by atoms with E-state index in [4.69, 9.17) is 23.7 Å². The maximum absolute atomic E-state index is 11.6. The van der Waals surface area contributed by atoms with Gasteiger partial charge in [-0.1, -0.05) is 0 Å². The lowest BCUT2D eigenvalue weighted by Crippen LogP contribution is -2.67. The summed E-state index contributed by atoms with van der Waals surface area (Å²) in [7, 11) is 0. The van der Waals surface area contributed by atoms with Crippen LogP contribution in [0.4, 0.5) is 0 Å². The molecular weight excluding hydrogens is 578 g/mol. The molecule has 0 aromatic heterocycles. The number of hydrogen-bond acceptors (Lipinski definition) is 18.